The zero-order chi connectivity index (χ0) is 17.6. The summed E-state index contributed by atoms with van der Waals surface area (Å²) in [7, 11) is 1.66. The Kier molecular flexibility index (Phi) is 5.71. The lowest BCUT2D eigenvalue weighted by Gasteiger charge is -2.28. The van der Waals surface area contributed by atoms with E-state index in [1.165, 1.54) is 0 Å². The number of nitrogens with zero attached hydrogens (tertiary/aromatic N) is 2. The van der Waals surface area contributed by atoms with Crippen molar-refractivity contribution in [2.75, 3.05) is 20.3 Å². The van der Waals surface area contributed by atoms with Crippen molar-refractivity contribution in [1.29, 1.82) is 0 Å². The second-order valence-electron chi connectivity index (χ2n) is 6.21. The molecule has 6 heteroatoms. The van der Waals surface area contributed by atoms with Gasteiger partial charge in [0.15, 0.2) is 0 Å². The lowest BCUT2D eigenvalue weighted by Crippen LogP contribution is -2.35. The van der Waals surface area contributed by atoms with Crippen LogP contribution in [-0.2, 0) is 4.74 Å². The van der Waals surface area contributed by atoms with Gasteiger partial charge in [0.05, 0.1) is 24.5 Å². The lowest BCUT2D eigenvalue weighted by molar-refractivity contribution is 0.0652. The van der Waals surface area contributed by atoms with Crippen LogP contribution in [0.1, 0.15) is 48.3 Å². The van der Waals surface area contributed by atoms with Crippen LogP contribution in [-0.4, -0.2) is 42.2 Å². The van der Waals surface area contributed by atoms with E-state index in [1.807, 2.05) is 24.0 Å². The molecule has 1 fully saturated rings. The first kappa shape index (κ1) is 17.5. The summed E-state index contributed by atoms with van der Waals surface area (Å²) >= 11 is 0. The third kappa shape index (κ3) is 4.39. The van der Waals surface area contributed by atoms with E-state index in [9.17, 15) is 4.79 Å². The molecule has 2 aromatic heterocycles. The quantitative estimate of drug-likeness (QED) is 0.652. The average molecular weight is 344 g/mol. The Morgan fingerprint density at radius 1 is 1.36 bits per heavy atom. The van der Waals surface area contributed by atoms with Crippen LogP contribution >= 0.6 is 0 Å². The molecule has 1 aliphatic carbocycles. The van der Waals surface area contributed by atoms with Gasteiger partial charge in [0.1, 0.15) is 5.76 Å². The van der Waals surface area contributed by atoms with E-state index in [-0.39, 0.29) is 18.0 Å². The molecule has 0 saturated heterocycles. The minimum Gasteiger partial charge on any atom is -0.478 e. The Bertz CT molecular complexity index is 665. The molecule has 1 amide bonds. The lowest BCUT2D eigenvalue weighted by atomic mass is 10.1. The van der Waals surface area contributed by atoms with Crippen LogP contribution in [0.25, 0.3) is 0 Å². The molecule has 6 nitrogen and oxygen atoms in total. The molecule has 0 aromatic carbocycles. The molecule has 25 heavy (non-hydrogen) atoms. The molecule has 3 rings (SSSR count). The van der Waals surface area contributed by atoms with Gasteiger partial charge in [-0.25, -0.2) is 4.98 Å². The van der Waals surface area contributed by atoms with Gasteiger partial charge in [-0.2, -0.15) is 0 Å². The highest BCUT2D eigenvalue weighted by Gasteiger charge is 2.37. The van der Waals surface area contributed by atoms with Gasteiger partial charge in [0.25, 0.3) is 5.91 Å². The molecule has 1 saturated carbocycles. The number of amides is 1. The van der Waals surface area contributed by atoms with Gasteiger partial charge in [0, 0.05) is 38.4 Å². The molecule has 0 spiro atoms. The number of furan rings is 1. The summed E-state index contributed by atoms with van der Waals surface area (Å²) in [6, 6.07) is 7.44. The van der Waals surface area contributed by atoms with Gasteiger partial charge >= 0.3 is 0 Å². The van der Waals surface area contributed by atoms with Crippen molar-refractivity contribution in [2.24, 2.45) is 0 Å². The average Bonchev–Trinajstić information content (AvgIpc) is 3.31. The first-order valence-electron chi connectivity index (χ1n) is 8.64. The van der Waals surface area contributed by atoms with Crippen molar-refractivity contribution >= 4 is 5.91 Å². The first-order chi connectivity index (χ1) is 12.2. The van der Waals surface area contributed by atoms with Gasteiger partial charge in [-0.1, -0.05) is 0 Å². The van der Waals surface area contributed by atoms with Crippen LogP contribution in [0.15, 0.2) is 41.1 Å². The molecule has 2 heterocycles. The van der Waals surface area contributed by atoms with Crippen LogP contribution in [0.5, 0.6) is 5.88 Å². The smallest absolute Gasteiger partial charge is 0.256 e. The van der Waals surface area contributed by atoms with Crippen LogP contribution in [0.3, 0.4) is 0 Å². The van der Waals surface area contributed by atoms with Crippen molar-refractivity contribution in [3.63, 3.8) is 0 Å². The summed E-state index contributed by atoms with van der Waals surface area (Å²) in [5.41, 5.74) is 0.564. The molecule has 0 bridgehead atoms. The number of carbonyl (C=O) groups excluding carboxylic acids is 1. The summed E-state index contributed by atoms with van der Waals surface area (Å²) in [6.07, 6.45) is 6.09. The fraction of sp³-hybridized carbons (Fsp3) is 0.474. The van der Waals surface area contributed by atoms with Gasteiger partial charge in [-0.05, 0) is 38.0 Å². The van der Waals surface area contributed by atoms with Gasteiger partial charge in [-0.3, -0.25) is 4.79 Å². The highest BCUT2D eigenvalue weighted by molar-refractivity contribution is 5.94. The fourth-order valence-corrected chi connectivity index (χ4v) is 2.80. The van der Waals surface area contributed by atoms with E-state index < -0.39 is 0 Å². The maximum atomic E-state index is 13.0. The molecule has 0 aliphatic heterocycles. The Balaban J connectivity index is 1.66. The summed E-state index contributed by atoms with van der Waals surface area (Å²) in [4.78, 5) is 19.1. The third-order valence-electron chi connectivity index (χ3n) is 4.27. The van der Waals surface area contributed by atoms with Gasteiger partial charge in [0.2, 0.25) is 5.88 Å². The number of hydrogen-bond donors (Lipinski definition) is 0. The SMILES string of the molecule is COCCCOc1ccc(C(=O)N(C2CC2)C(C)c2ccco2)cn1. The minimum atomic E-state index is -0.0972. The molecule has 1 aliphatic rings. The summed E-state index contributed by atoms with van der Waals surface area (Å²) in [5, 5.41) is 0. The highest BCUT2D eigenvalue weighted by atomic mass is 16.5. The molecule has 1 unspecified atom stereocenters. The number of methoxy groups -OCH3 is 1. The van der Waals surface area contributed by atoms with Crippen LogP contribution in [0, 0.1) is 0 Å². The maximum absolute atomic E-state index is 13.0. The third-order valence-corrected chi connectivity index (χ3v) is 4.27. The molecule has 2 aromatic rings. The number of ether oxygens (including phenoxy) is 2. The van der Waals surface area contributed by atoms with Gasteiger partial charge in [-0.15, -0.1) is 0 Å². The van der Waals surface area contributed by atoms with E-state index in [1.54, 1.807) is 31.7 Å². The number of aromatic nitrogens is 1. The molecule has 0 radical (unpaired) electrons. The maximum Gasteiger partial charge on any atom is 0.256 e. The molecule has 134 valence electrons. The van der Waals surface area contributed by atoms with E-state index in [0.29, 0.717) is 24.7 Å². The van der Waals surface area contributed by atoms with Crippen molar-refractivity contribution in [1.82, 2.24) is 9.88 Å². The first-order valence-corrected chi connectivity index (χ1v) is 8.64. The monoisotopic (exact) mass is 344 g/mol. The number of hydrogen-bond acceptors (Lipinski definition) is 5. The van der Waals surface area contributed by atoms with Crippen LogP contribution < -0.4 is 4.74 Å². The second-order valence-corrected chi connectivity index (χ2v) is 6.21. The predicted octanol–water partition coefficient (Wildman–Crippen LogP) is 3.46. The topological polar surface area (TPSA) is 64.8 Å². The van der Waals surface area contributed by atoms with Crippen molar-refractivity contribution in [2.45, 2.75) is 38.3 Å². The van der Waals surface area contributed by atoms with Gasteiger partial charge < -0.3 is 18.8 Å². The zero-order valence-corrected chi connectivity index (χ0v) is 14.7. The molecular weight excluding hydrogens is 320 g/mol. The normalized spacial score (nSPS) is 15.0. The standard InChI is InChI=1S/C19H24N2O4/c1-14(17-5-3-11-24-17)21(16-7-8-16)19(22)15-6-9-18(20-13-15)25-12-4-10-23-2/h3,5-6,9,11,13-14,16H,4,7-8,10,12H2,1-2H3. The molecule has 0 N–H and O–H groups in total. The van der Waals surface area contributed by atoms with E-state index >= 15 is 0 Å². The summed E-state index contributed by atoms with van der Waals surface area (Å²) in [5.74, 6) is 1.29. The second kappa shape index (κ2) is 8.16. The molecule has 1 atom stereocenters. The Morgan fingerprint density at radius 3 is 2.80 bits per heavy atom. The Labute approximate surface area is 147 Å². The zero-order valence-electron chi connectivity index (χ0n) is 14.7. The van der Waals surface area contributed by atoms with Crippen molar-refractivity contribution < 1.29 is 18.7 Å². The highest BCUT2D eigenvalue weighted by Crippen LogP contribution is 2.35. The van der Waals surface area contributed by atoms with E-state index in [2.05, 4.69) is 4.98 Å². The fourth-order valence-electron chi connectivity index (χ4n) is 2.80. The van der Waals surface area contributed by atoms with E-state index in [4.69, 9.17) is 13.9 Å². The van der Waals surface area contributed by atoms with E-state index in [0.717, 1.165) is 25.0 Å². The van der Waals surface area contributed by atoms with Crippen molar-refractivity contribution in [3.05, 3.63) is 48.0 Å². The molecular formula is C19H24N2O4. The number of pyridine rings is 1. The minimum absolute atomic E-state index is 0.0233. The van der Waals surface area contributed by atoms with Crippen LogP contribution in [0.2, 0.25) is 0 Å². The number of carbonyl (C=O) groups is 1. The Morgan fingerprint density at radius 2 is 2.20 bits per heavy atom. The number of rotatable bonds is 9. The predicted molar refractivity (Wildman–Crippen MR) is 92.5 cm³/mol. The van der Waals surface area contributed by atoms with Crippen LogP contribution in [0.4, 0.5) is 0 Å². The summed E-state index contributed by atoms with van der Waals surface area (Å²) in [6.45, 7) is 3.19. The Hall–Kier alpha value is -2.34. The summed E-state index contributed by atoms with van der Waals surface area (Å²) < 4.78 is 16.0. The van der Waals surface area contributed by atoms with Crippen molar-refractivity contribution in [3.8, 4) is 5.88 Å². The largest absolute Gasteiger partial charge is 0.478 e.